The number of aromatic amines is 1. The first-order chi connectivity index (χ1) is 9.67. The number of H-pyrrole nitrogens is 1. The summed E-state index contributed by atoms with van der Waals surface area (Å²) in [7, 11) is 0. The fraction of sp³-hybridized carbons (Fsp3) is 0.286. The van der Waals surface area contributed by atoms with Gasteiger partial charge in [-0.3, -0.25) is 9.89 Å². The van der Waals surface area contributed by atoms with Crippen LogP contribution in [0.4, 0.5) is 10.2 Å². The van der Waals surface area contributed by atoms with Crippen LogP contribution < -0.4 is 10.1 Å². The zero-order chi connectivity index (χ0) is 14.4. The van der Waals surface area contributed by atoms with E-state index in [9.17, 15) is 9.18 Å². The molecule has 1 heterocycles. The molecule has 0 unspecified atom stereocenters. The number of benzene rings is 1. The molecule has 0 saturated carbocycles. The lowest BCUT2D eigenvalue weighted by Crippen LogP contribution is -2.20. The van der Waals surface area contributed by atoms with E-state index in [1.54, 1.807) is 6.07 Å². The minimum absolute atomic E-state index is 0.151. The van der Waals surface area contributed by atoms with Gasteiger partial charge in [-0.2, -0.15) is 5.10 Å². The number of ether oxygens (including phenoxy) is 1. The van der Waals surface area contributed by atoms with Gasteiger partial charge < -0.3 is 10.1 Å². The third-order valence-corrected chi connectivity index (χ3v) is 2.60. The van der Waals surface area contributed by atoms with Gasteiger partial charge in [-0.25, -0.2) is 4.39 Å². The van der Waals surface area contributed by atoms with E-state index in [1.165, 1.54) is 24.3 Å². The quantitative estimate of drug-likeness (QED) is 0.852. The van der Waals surface area contributed by atoms with E-state index in [2.05, 4.69) is 22.4 Å². The Hall–Kier alpha value is -2.37. The maximum Gasteiger partial charge on any atom is 0.263 e. The number of nitrogens with zero attached hydrogens (tertiary/aromatic N) is 1. The van der Waals surface area contributed by atoms with Crippen molar-refractivity contribution in [3.63, 3.8) is 0 Å². The lowest BCUT2D eigenvalue weighted by Gasteiger charge is -2.05. The molecule has 0 aliphatic rings. The molecule has 0 radical (unpaired) electrons. The highest BCUT2D eigenvalue weighted by atomic mass is 19.1. The molecule has 1 aromatic carbocycles. The number of rotatable bonds is 6. The Kier molecular flexibility index (Phi) is 4.70. The molecule has 0 atom stereocenters. The lowest BCUT2D eigenvalue weighted by molar-refractivity contribution is -0.118. The van der Waals surface area contributed by atoms with Crippen molar-refractivity contribution in [3.05, 3.63) is 41.8 Å². The Morgan fingerprint density at radius 2 is 2.15 bits per heavy atom. The smallest absolute Gasteiger partial charge is 0.263 e. The van der Waals surface area contributed by atoms with Crippen LogP contribution in [0.3, 0.4) is 0 Å². The minimum atomic E-state index is -0.346. The topological polar surface area (TPSA) is 67.0 Å². The highest BCUT2D eigenvalue weighted by Crippen LogP contribution is 2.11. The summed E-state index contributed by atoms with van der Waals surface area (Å²) in [4.78, 5) is 11.7. The summed E-state index contributed by atoms with van der Waals surface area (Å²) in [5.74, 6) is 0.252. The molecule has 20 heavy (non-hydrogen) atoms. The van der Waals surface area contributed by atoms with Crippen LogP contribution >= 0.6 is 0 Å². The summed E-state index contributed by atoms with van der Waals surface area (Å²) in [6.07, 6.45) is 1.89. The zero-order valence-electron chi connectivity index (χ0n) is 11.1. The van der Waals surface area contributed by atoms with Gasteiger partial charge in [0.15, 0.2) is 12.4 Å². The van der Waals surface area contributed by atoms with E-state index in [0.29, 0.717) is 11.6 Å². The summed E-state index contributed by atoms with van der Waals surface area (Å²) in [5, 5.41) is 9.45. The number of nitrogens with one attached hydrogen (secondary N) is 2. The van der Waals surface area contributed by atoms with Crippen molar-refractivity contribution in [2.24, 2.45) is 0 Å². The number of aromatic nitrogens is 2. The number of carbonyl (C=O) groups is 1. The van der Waals surface area contributed by atoms with E-state index < -0.39 is 0 Å². The molecule has 6 heteroatoms. The first kappa shape index (κ1) is 14.0. The monoisotopic (exact) mass is 277 g/mol. The Labute approximate surface area is 116 Å². The highest BCUT2D eigenvalue weighted by molar-refractivity contribution is 5.90. The molecule has 0 spiro atoms. The molecular weight excluding hydrogens is 261 g/mol. The van der Waals surface area contributed by atoms with E-state index in [4.69, 9.17) is 4.74 Å². The molecule has 0 fully saturated rings. The Balaban J connectivity index is 1.81. The fourth-order valence-corrected chi connectivity index (χ4v) is 1.68. The molecule has 5 nitrogen and oxygen atoms in total. The number of hydrogen-bond donors (Lipinski definition) is 2. The van der Waals surface area contributed by atoms with E-state index in [0.717, 1.165) is 18.5 Å². The number of amides is 1. The molecule has 0 aliphatic heterocycles. The standard InChI is InChI=1S/C14H16FN3O2/c1-2-3-11-8-13(18-17-11)16-14(19)9-20-12-6-4-10(15)5-7-12/h4-8H,2-3,9H2,1H3,(H2,16,17,18,19). The van der Waals surface area contributed by atoms with Crippen LogP contribution in [0.5, 0.6) is 5.75 Å². The summed E-state index contributed by atoms with van der Waals surface area (Å²) in [6.45, 7) is 1.91. The minimum Gasteiger partial charge on any atom is -0.484 e. The van der Waals surface area contributed by atoms with Crippen LogP contribution in [-0.2, 0) is 11.2 Å². The van der Waals surface area contributed by atoms with E-state index >= 15 is 0 Å². The summed E-state index contributed by atoms with van der Waals surface area (Å²) in [6, 6.07) is 7.28. The van der Waals surface area contributed by atoms with Crippen LogP contribution in [0.1, 0.15) is 19.0 Å². The van der Waals surface area contributed by atoms with Gasteiger partial charge in [-0.05, 0) is 30.7 Å². The second kappa shape index (κ2) is 6.70. The molecular formula is C14H16FN3O2. The van der Waals surface area contributed by atoms with Crippen molar-refractivity contribution in [2.75, 3.05) is 11.9 Å². The van der Waals surface area contributed by atoms with E-state index in [1.807, 2.05) is 0 Å². The van der Waals surface area contributed by atoms with Gasteiger partial charge in [0.2, 0.25) is 0 Å². The number of hydrogen-bond acceptors (Lipinski definition) is 3. The molecule has 0 saturated heterocycles. The largest absolute Gasteiger partial charge is 0.484 e. The fourth-order valence-electron chi connectivity index (χ4n) is 1.68. The maximum absolute atomic E-state index is 12.7. The molecule has 1 aromatic heterocycles. The predicted molar refractivity (Wildman–Crippen MR) is 73.1 cm³/mol. The molecule has 2 rings (SSSR count). The first-order valence-electron chi connectivity index (χ1n) is 6.40. The summed E-state index contributed by atoms with van der Waals surface area (Å²) in [5.41, 5.74) is 0.974. The van der Waals surface area contributed by atoms with E-state index in [-0.39, 0.29) is 18.3 Å². The zero-order valence-corrected chi connectivity index (χ0v) is 11.1. The van der Waals surface area contributed by atoms with Crippen molar-refractivity contribution in [1.29, 1.82) is 0 Å². The molecule has 1 amide bonds. The van der Waals surface area contributed by atoms with Gasteiger partial charge in [0.05, 0.1) is 0 Å². The molecule has 0 aliphatic carbocycles. The molecule has 2 aromatic rings. The van der Waals surface area contributed by atoms with Crippen molar-refractivity contribution >= 4 is 11.7 Å². The Bertz CT molecular complexity index is 566. The number of carbonyl (C=O) groups excluding carboxylic acids is 1. The average molecular weight is 277 g/mol. The molecule has 106 valence electrons. The van der Waals surface area contributed by atoms with Crippen molar-refractivity contribution in [1.82, 2.24) is 10.2 Å². The van der Waals surface area contributed by atoms with Gasteiger partial charge in [0, 0.05) is 11.8 Å². The van der Waals surface area contributed by atoms with Crippen molar-refractivity contribution < 1.29 is 13.9 Å². The summed E-state index contributed by atoms with van der Waals surface area (Å²) >= 11 is 0. The first-order valence-corrected chi connectivity index (χ1v) is 6.40. The number of anilines is 1. The second-order valence-electron chi connectivity index (χ2n) is 4.32. The van der Waals surface area contributed by atoms with Gasteiger partial charge in [0.1, 0.15) is 11.6 Å². The van der Waals surface area contributed by atoms with Crippen LogP contribution in [0, 0.1) is 5.82 Å². The second-order valence-corrected chi connectivity index (χ2v) is 4.32. The molecule has 2 N–H and O–H groups in total. The van der Waals surface area contributed by atoms with Crippen molar-refractivity contribution in [3.8, 4) is 5.75 Å². The third kappa shape index (κ3) is 4.08. The molecule has 0 bridgehead atoms. The third-order valence-electron chi connectivity index (χ3n) is 2.60. The maximum atomic E-state index is 12.7. The number of aryl methyl sites for hydroxylation is 1. The van der Waals surface area contributed by atoms with Crippen LogP contribution in [0.15, 0.2) is 30.3 Å². The Morgan fingerprint density at radius 3 is 2.85 bits per heavy atom. The van der Waals surface area contributed by atoms with Crippen LogP contribution in [0.25, 0.3) is 0 Å². The van der Waals surface area contributed by atoms with Gasteiger partial charge >= 0.3 is 0 Å². The van der Waals surface area contributed by atoms with Crippen LogP contribution in [0.2, 0.25) is 0 Å². The SMILES string of the molecule is CCCc1cc(NC(=O)COc2ccc(F)cc2)n[nH]1. The number of halogens is 1. The predicted octanol–water partition coefficient (Wildman–Crippen LogP) is 2.52. The average Bonchev–Trinajstić information content (AvgIpc) is 2.86. The summed E-state index contributed by atoms with van der Waals surface area (Å²) < 4.78 is 17.9. The lowest BCUT2D eigenvalue weighted by atomic mass is 10.2. The van der Waals surface area contributed by atoms with Gasteiger partial charge in [-0.1, -0.05) is 13.3 Å². The Morgan fingerprint density at radius 1 is 1.40 bits per heavy atom. The van der Waals surface area contributed by atoms with Crippen LogP contribution in [-0.4, -0.2) is 22.7 Å². The highest BCUT2D eigenvalue weighted by Gasteiger charge is 2.06. The normalized spacial score (nSPS) is 10.3. The van der Waals surface area contributed by atoms with Gasteiger partial charge in [-0.15, -0.1) is 0 Å². The van der Waals surface area contributed by atoms with Gasteiger partial charge in [0.25, 0.3) is 5.91 Å². The van der Waals surface area contributed by atoms with Crippen molar-refractivity contribution in [2.45, 2.75) is 19.8 Å².